The minimum absolute atomic E-state index is 0.174. The number of nitrogens with zero attached hydrogens (tertiary/aromatic N) is 1. The predicted octanol–water partition coefficient (Wildman–Crippen LogP) is 4.90. The summed E-state index contributed by atoms with van der Waals surface area (Å²) < 4.78 is 38.5. The Morgan fingerprint density at radius 2 is 1.95 bits per heavy atom. The minimum atomic E-state index is -4.20. The molecular weight excluding hydrogens is 345 g/mol. The lowest BCUT2D eigenvalue weighted by Gasteiger charge is -2.26. The molecule has 0 amide bonds. The van der Waals surface area contributed by atoms with Gasteiger partial charge in [-0.15, -0.1) is 0 Å². The summed E-state index contributed by atoms with van der Waals surface area (Å²) in [6.07, 6.45) is -3.16. The Hall–Kier alpha value is -0.750. The van der Waals surface area contributed by atoms with Crippen LogP contribution < -0.4 is 10.2 Å². The van der Waals surface area contributed by atoms with Gasteiger partial charge in [0.2, 0.25) is 0 Å². The maximum Gasteiger partial charge on any atom is 0.405 e. The smallest absolute Gasteiger partial charge is 0.362 e. The van der Waals surface area contributed by atoms with Gasteiger partial charge >= 0.3 is 6.18 Å². The number of anilines is 1. The first-order chi connectivity index (χ1) is 9.78. The second kappa shape index (κ2) is 8.03. The maximum atomic E-state index is 12.6. The zero-order valence-electron chi connectivity index (χ0n) is 12.6. The predicted molar refractivity (Wildman–Crippen MR) is 84.8 cm³/mol. The van der Waals surface area contributed by atoms with Crippen LogP contribution in [-0.4, -0.2) is 25.8 Å². The van der Waals surface area contributed by atoms with Gasteiger partial charge in [0.15, 0.2) is 0 Å². The fourth-order valence-electron chi connectivity index (χ4n) is 2.11. The first kappa shape index (κ1) is 18.3. The summed E-state index contributed by atoms with van der Waals surface area (Å²) in [5, 5.41) is 3.36. The summed E-state index contributed by atoms with van der Waals surface area (Å²) in [7, 11) is 0. The largest absolute Gasteiger partial charge is 0.405 e. The summed E-state index contributed by atoms with van der Waals surface area (Å²) in [4.78, 5) is 1.32. The highest BCUT2D eigenvalue weighted by Crippen LogP contribution is 2.31. The van der Waals surface area contributed by atoms with Crippen LogP contribution in [0.4, 0.5) is 18.9 Å². The Balaban J connectivity index is 2.90. The van der Waals surface area contributed by atoms with E-state index in [0.29, 0.717) is 16.7 Å². The fourth-order valence-corrected chi connectivity index (χ4v) is 2.76. The molecule has 1 aromatic carbocycles. The number of halogens is 4. The van der Waals surface area contributed by atoms with Gasteiger partial charge in [-0.05, 0) is 60.4 Å². The van der Waals surface area contributed by atoms with Crippen LogP contribution in [0.15, 0.2) is 22.7 Å². The van der Waals surface area contributed by atoms with Gasteiger partial charge in [0.25, 0.3) is 0 Å². The van der Waals surface area contributed by atoms with Crippen molar-refractivity contribution in [3.63, 3.8) is 0 Å². The lowest BCUT2D eigenvalue weighted by Crippen LogP contribution is -2.34. The van der Waals surface area contributed by atoms with E-state index < -0.39 is 12.7 Å². The van der Waals surface area contributed by atoms with Gasteiger partial charge in [-0.2, -0.15) is 13.2 Å². The molecule has 0 radical (unpaired) electrons. The van der Waals surface area contributed by atoms with Crippen molar-refractivity contribution >= 4 is 21.6 Å². The first-order valence-electron chi connectivity index (χ1n) is 7.13. The molecule has 1 rings (SSSR count). The van der Waals surface area contributed by atoms with E-state index in [0.717, 1.165) is 18.5 Å². The number of alkyl halides is 3. The Kier molecular flexibility index (Phi) is 7.00. The van der Waals surface area contributed by atoms with E-state index in [1.54, 1.807) is 13.0 Å². The highest BCUT2D eigenvalue weighted by molar-refractivity contribution is 9.10. The van der Waals surface area contributed by atoms with Crippen molar-refractivity contribution in [1.82, 2.24) is 5.32 Å². The molecule has 0 heterocycles. The molecule has 0 saturated carbocycles. The van der Waals surface area contributed by atoms with Crippen LogP contribution in [0.3, 0.4) is 0 Å². The molecule has 21 heavy (non-hydrogen) atoms. The van der Waals surface area contributed by atoms with E-state index in [1.807, 2.05) is 19.1 Å². The summed E-state index contributed by atoms with van der Waals surface area (Å²) >= 11 is 3.40. The second-order valence-electron chi connectivity index (χ2n) is 5.02. The molecule has 0 fully saturated rings. The second-order valence-corrected chi connectivity index (χ2v) is 5.87. The molecule has 0 aliphatic carbocycles. The summed E-state index contributed by atoms with van der Waals surface area (Å²) in [5.74, 6) is 0. The van der Waals surface area contributed by atoms with Crippen LogP contribution in [0.25, 0.3) is 0 Å². The Morgan fingerprint density at radius 1 is 1.29 bits per heavy atom. The van der Waals surface area contributed by atoms with Crippen molar-refractivity contribution in [1.29, 1.82) is 0 Å². The van der Waals surface area contributed by atoms with Crippen LogP contribution in [0.1, 0.15) is 38.8 Å². The van der Waals surface area contributed by atoms with Gasteiger partial charge in [0.1, 0.15) is 6.54 Å². The topological polar surface area (TPSA) is 15.3 Å². The fraction of sp³-hybridized carbons (Fsp3) is 0.600. The minimum Gasteiger partial charge on any atom is -0.362 e. The molecule has 0 aliphatic heterocycles. The van der Waals surface area contributed by atoms with E-state index in [2.05, 4.69) is 28.2 Å². The zero-order valence-corrected chi connectivity index (χ0v) is 14.2. The van der Waals surface area contributed by atoms with Crippen molar-refractivity contribution in [3.05, 3.63) is 28.2 Å². The normalized spacial score (nSPS) is 13.3. The van der Waals surface area contributed by atoms with Crippen molar-refractivity contribution in [2.45, 2.75) is 39.4 Å². The number of nitrogens with one attached hydrogen (secondary N) is 1. The average molecular weight is 367 g/mol. The molecule has 0 saturated heterocycles. The maximum absolute atomic E-state index is 12.6. The molecule has 0 aromatic heterocycles. The third kappa shape index (κ3) is 5.87. The average Bonchev–Trinajstić information content (AvgIpc) is 2.41. The van der Waals surface area contributed by atoms with Gasteiger partial charge in [-0.25, -0.2) is 0 Å². The van der Waals surface area contributed by atoms with Gasteiger partial charge in [-0.3, -0.25) is 0 Å². The van der Waals surface area contributed by atoms with Gasteiger partial charge in [0.05, 0.1) is 5.69 Å². The lowest BCUT2D eigenvalue weighted by molar-refractivity contribution is -0.119. The first-order valence-corrected chi connectivity index (χ1v) is 7.92. The van der Waals surface area contributed by atoms with E-state index in [4.69, 9.17) is 0 Å². The standard InChI is InChI=1S/C15H22BrF3N2/c1-4-8-20-11(3)12-6-7-14(13(16)9-12)21(5-2)10-15(17,18)19/h6-7,9,11,20H,4-5,8,10H2,1-3H3. The summed E-state index contributed by atoms with van der Waals surface area (Å²) in [6, 6.07) is 5.69. The van der Waals surface area contributed by atoms with Gasteiger partial charge < -0.3 is 10.2 Å². The SMILES string of the molecule is CCCNC(C)c1ccc(N(CC)CC(F)(F)F)c(Br)c1. The Labute approximate surface area is 132 Å². The van der Waals surface area contributed by atoms with Crippen molar-refractivity contribution in [3.8, 4) is 0 Å². The zero-order chi connectivity index (χ0) is 16.0. The lowest BCUT2D eigenvalue weighted by atomic mass is 10.1. The highest BCUT2D eigenvalue weighted by Gasteiger charge is 2.31. The van der Waals surface area contributed by atoms with E-state index in [9.17, 15) is 13.2 Å². The van der Waals surface area contributed by atoms with Crippen LogP contribution in [0.5, 0.6) is 0 Å². The van der Waals surface area contributed by atoms with Gasteiger partial charge in [0, 0.05) is 17.1 Å². The van der Waals surface area contributed by atoms with Crippen molar-refractivity contribution in [2.24, 2.45) is 0 Å². The third-order valence-corrected chi connectivity index (χ3v) is 3.90. The molecule has 0 aliphatic rings. The van der Waals surface area contributed by atoms with Crippen molar-refractivity contribution < 1.29 is 13.2 Å². The molecule has 0 spiro atoms. The van der Waals surface area contributed by atoms with Gasteiger partial charge in [-0.1, -0.05) is 13.0 Å². The van der Waals surface area contributed by atoms with E-state index in [-0.39, 0.29) is 6.04 Å². The summed E-state index contributed by atoms with van der Waals surface area (Å²) in [6.45, 7) is 6.14. The van der Waals surface area contributed by atoms with Crippen LogP contribution in [-0.2, 0) is 0 Å². The quantitative estimate of drug-likeness (QED) is 0.738. The van der Waals surface area contributed by atoms with E-state index >= 15 is 0 Å². The molecule has 1 N–H and O–H groups in total. The molecule has 1 aromatic rings. The van der Waals surface area contributed by atoms with Crippen LogP contribution in [0.2, 0.25) is 0 Å². The van der Waals surface area contributed by atoms with Crippen LogP contribution >= 0.6 is 15.9 Å². The number of hydrogen-bond donors (Lipinski definition) is 1. The molecule has 1 unspecified atom stereocenters. The molecule has 6 heteroatoms. The molecule has 2 nitrogen and oxygen atoms in total. The Morgan fingerprint density at radius 3 is 2.43 bits per heavy atom. The van der Waals surface area contributed by atoms with Crippen molar-refractivity contribution in [2.75, 3.05) is 24.5 Å². The molecule has 1 atom stereocenters. The number of benzene rings is 1. The molecular formula is C15H22BrF3N2. The van der Waals surface area contributed by atoms with E-state index in [1.165, 1.54) is 4.90 Å². The molecule has 0 bridgehead atoms. The highest BCUT2D eigenvalue weighted by atomic mass is 79.9. The Bertz CT molecular complexity index is 449. The monoisotopic (exact) mass is 366 g/mol. The van der Waals surface area contributed by atoms with Crippen LogP contribution in [0, 0.1) is 0 Å². The summed E-state index contributed by atoms with van der Waals surface area (Å²) in [5.41, 5.74) is 1.63. The number of hydrogen-bond acceptors (Lipinski definition) is 2. The third-order valence-electron chi connectivity index (χ3n) is 3.26. The number of rotatable bonds is 7. The molecule has 120 valence electrons.